The minimum atomic E-state index is -0.118. The molecule has 0 unspecified atom stereocenters. The maximum atomic E-state index is 12.0. The maximum Gasteiger partial charge on any atom is 0.251 e. The number of anilines is 1. The molecule has 0 aliphatic carbocycles. The van der Waals surface area contributed by atoms with Crippen LogP contribution < -0.4 is 11.1 Å². The minimum Gasteiger partial charge on any atom is -0.398 e. The van der Waals surface area contributed by atoms with E-state index in [2.05, 4.69) is 10.3 Å². The average Bonchev–Trinajstić information content (AvgIpc) is 2.84. The van der Waals surface area contributed by atoms with Crippen LogP contribution in [0, 0.1) is 13.8 Å². The number of carbonyl (C=O) groups is 1. The number of rotatable bonds is 3. The van der Waals surface area contributed by atoms with E-state index in [1.54, 1.807) is 11.6 Å². The highest BCUT2D eigenvalue weighted by molar-refractivity contribution is 7.07. The van der Waals surface area contributed by atoms with Gasteiger partial charge in [0.15, 0.2) is 0 Å². The fourth-order valence-electron chi connectivity index (χ4n) is 1.70. The van der Waals surface area contributed by atoms with Gasteiger partial charge in [0.1, 0.15) is 0 Å². The van der Waals surface area contributed by atoms with E-state index in [9.17, 15) is 4.79 Å². The van der Waals surface area contributed by atoms with Crippen molar-refractivity contribution in [2.75, 3.05) is 5.73 Å². The van der Waals surface area contributed by atoms with Crippen LogP contribution in [0.2, 0.25) is 0 Å². The lowest BCUT2D eigenvalue weighted by Crippen LogP contribution is -2.24. The van der Waals surface area contributed by atoms with Crippen LogP contribution in [0.25, 0.3) is 0 Å². The number of hydrogen-bond donors (Lipinski definition) is 2. The summed E-state index contributed by atoms with van der Waals surface area (Å²) in [5, 5.41) is 4.75. The highest BCUT2D eigenvalue weighted by atomic mass is 32.1. The Morgan fingerprint density at radius 1 is 1.39 bits per heavy atom. The third-order valence-corrected chi connectivity index (χ3v) is 3.41. The molecule has 94 valence electrons. The lowest BCUT2D eigenvalue weighted by Gasteiger charge is -2.09. The smallest absolute Gasteiger partial charge is 0.251 e. The summed E-state index contributed by atoms with van der Waals surface area (Å²) in [6.07, 6.45) is 0. The van der Waals surface area contributed by atoms with Crippen LogP contribution in [-0.2, 0) is 6.54 Å². The first-order valence-corrected chi connectivity index (χ1v) is 6.54. The topological polar surface area (TPSA) is 68.0 Å². The van der Waals surface area contributed by atoms with Gasteiger partial charge in [0.05, 0.1) is 17.7 Å². The summed E-state index contributed by atoms with van der Waals surface area (Å²) in [4.78, 5) is 16.1. The van der Waals surface area contributed by atoms with Crippen LogP contribution in [-0.4, -0.2) is 10.9 Å². The maximum absolute atomic E-state index is 12.0. The number of nitrogens with two attached hydrogens (primary N) is 1. The Balaban J connectivity index is 2.11. The molecule has 2 rings (SSSR count). The lowest BCUT2D eigenvalue weighted by molar-refractivity contribution is 0.0950. The van der Waals surface area contributed by atoms with Gasteiger partial charge in [0.2, 0.25) is 0 Å². The molecular formula is C13H15N3OS. The molecule has 0 saturated heterocycles. The van der Waals surface area contributed by atoms with Crippen molar-refractivity contribution in [3.05, 3.63) is 45.4 Å². The van der Waals surface area contributed by atoms with Crippen LogP contribution in [0.3, 0.4) is 0 Å². The number of aromatic nitrogens is 1. The number of hydrogen-bond acceptors (Lipinski definition) is 4. The Hall–Kier alpha value is -1.88. The summed E-state index contributed by atoms with van der Waals surface area (Å²) in [7, 11) is 0. The van der Waals surface area contributed by atoms with Gasteiger partial charge in [-0.1, -0.05) is 6.07 Å². The van der Waals surface area contributed by atoms with Crippen LogP contribution in [0.4, 0.5) is 5.69 Å². The van der Waals surface area contributed by atoms with E-state index in [4.69, 9.17) is 5.73 Å². The number of aryl methyl sites for hydroxylation is 2. The van der Waals surface area contributed by atoms with Crippen molar-refractivity contribution >= 4 is 22.9 Å². The molecule has 0 fully saturated rings. The number of nitrogens with zero attached hydrogens (tertiary/aromatic N) is 1. The molecule has 5 heteroatoms. The molecule has 0 aliphatic heterocycles. The molecule has 0 spiro atoms. The van der Waals surface area contributed by atoms with Gasteiger partial charge in [-0.05, 0) is 31.0 Å². The van der Waals surface area contributed by atoms with Crippen molar-refractivity contribution < 1.29 is 4.79 Å². The second kappa shape index (κ2) is 5.18. The van der Waals surface area contributed by atoms with Crippen molar-refractivity contribution in [3.8, 4) is 0 Å². The zero-order valence-corrected chi connectivity index (χ0v) is 11.2. The van der Waals surface area contributed by atoms with Crippen molar-refractivity contribution in [3.63, 3.8) is 0 Å². The molecule has 4 nitrogen and oxygen atoms in total. The standard InChI is InChI=1S/C13H15N3OS/c1-8-3-9(2)12(14)4-11(8)13(17)15-5-10-6-18-7-16-10/h3-4,6-7H,5,14H2,1-2H3,(H,15,17). The van der Waals surface area contributed by atoms with Gasteiger partial charge in [0, 0.05) is 16.6 Å². The molecule has 1 amide bonds. The minimum absolute atomic E-state index is 0.118. The van der Waals surface area contributed by atoms with Gasteiger partial charge < -0.3 is 11.1 Å². The Kier molecular flexibility index (Phi) is 3.62. The fourth-order valence-corrected chi connectivity index (χ4v) is 2.26. The normalized spacial score (nSPS) is 10.3. The van der Waals surface area contributed by atoms with Crippen LogP contribution >= 0.6 is 11.3 Å². The van der Waals surface area contributed by atoms with E-state index in [0.717, 1.165) is 16.8 Å². The summed E-state index contributed by atoms with van der Waals surface area (Å²) in [6, 6.07) is 3.65. The summed E-state index contributed by atoms with van der Waals surface area (Å²) in [5.74, 6) is -0.118. The molecule has 0 radical (unpaired) electrons. The molecule has 18 heavy (non-hydrogen) atoms. The van der Waals surface area contributed by atoms with E-state index in [1.807, 2.05) is 25.3 Å². The quantitative estimate of drug-likeness (QED) is 0.833. The largest absolute Gasteiger partial charge is 0.398 e. The third-order valence-electron chi connectivity index (χ3n) is 2.77. The van der Waals surface area contributed by atoms with Gasteiger partial charge in [0.25, 0.3) is 5.91 Å². The molecule has 2 aromatic rings. The average molecular weight is 261 g/mol. The van der Waals surface area contributed by atoms with Crippen molar-refractivity contribution in [2.24, 2.45) is 0 Å². The molecule has 1 aromatic heterocycles. The Bertz CT molecular complexity index is 564. The Labute approximate surface area is 110 Å². The summed E-state index contributed by atoms with van der Waals surface area (Å²) in [5.41, 5.74) is 11.6. The first-order valence-electron chi connectivity index (χ1n) is 5.60. The van der Waals surface area contributed by atoms with Gasteiger partial charge in [-0.3, -0.25) is 4.79 Å². The molecule has 1 heterocycles. The number of amides is 1. The number of nitrogens with one attached hydrogen (secondary N) is 1. The van der Waals surface area contributed by atoms with Gasteiger partial charge in [-0.2, -0.15) is 0 Å². The zero-order chi connectivity index (χ0) is 13.1. The van der Waals surface area contributed by atoms with E-state index in [0.29, 0.717) is 17.8 Å². The fraction of sp³-hybridized carbons (Fsp3) is 0.231. The SMILES string of the molecule is Cc1cc(C)c(C(=O)NCc2cscn2)cc1N. The van der Waals surface area contributed by atoms with E-state index < -0.39 is 0 Å². The highest BCUT2D eigenvalue weighted by Gasteiger charge is 2.10. The Morgan fingerprint density at radius 3 is 2.83 bits per heavy atom. The third kappa shape index (κ3) is 2.68. The zero-order valence-electron chi connectivity index (χ0n) is 10.4. The van der Waals surface area contributed by atoms with Crippen molar-refractivity contribution in [1.82, 2.24) is 10.3 Å². The number of nitrogen functional groups attached to an aromatic ring is 1. The molecule has 3 N–H and O–H groups in total. The predicted molar refractivity (Wildman–Crippen MR) is 73.6 cm³/mol. The molecule has 0 bridgehead atoms. The highest BCUT2D eigenvalue weighted by Crippen LogP contribution is 2.17. The van der Waals surface area contributed by atoms with Gasteiger partial charge >= 0.3 is 0 Å². The monoisotopic (exact) mass is 261 g/mol. The molecular weight excluding hydrogens is 246 g/mol. The van der Waals surface area contributed by atoms with Crippen molar-refractivity contribution in [1.29, 1.82) is 0 Å². The number of thiazole rings is 1. The second-order valence-corrected chi connectivity index (χ2v) is 4.90. The first kappa shape index (κ1) is 12.6. The summed E-state index contributed by atoms with van der Waals surface area (Å²) < 4.78 is 0. The molecule has 0 saturated carbocycles. The summed E-state index contributed by atoms with van der Waals surface area (Å²) in [6.45, 7) is 4.28. The van der Waals surface area contributed by atoms with Crippen LogP contribution in [0.5, 0.6) is 0 Å². The number of benzene rings is 1. The second-order valence-electron chi connectivity index (χ2n) is 4.19. The van der Waals surface area contributed by atoms with Gasteiger partial charge in [-0.25, -0.2) is 4.98 Å². The lowest BCUT2D eigenvalue weighted by atomic mass is 10.0. The van der Waals surface area contributed by atoms with Crippen LogP contribution in [0.15, 0.2) is 23.0 Å². The van der Waals surface area contributed by atoms with E-state index >= 15 is 0 Å². The van der Waals surface area contributed by atoms with Gasteiger partial charge in [-0.15, -0.1) is 11.3 Å². The summed E-state index contributed by atoms with van der Waals surface area (Å²) >= 11 is 1.51. The molecule has 0 atom stereocenters. The molecule has 0 aliphatic rings. The van der Waals surface area contributed by atoms with E-state index in [1.165, 1.54) is 11.3 Å². The Morgan fingerprint density at radius 2 is 2.17 bits per heavy atom. The first-order chi connectivity index (χ1) is 8.58. The molecule has 1 aromatic carbocycles. The van der Waals surface area contributed by atoms with Crippen LogP contribution in [0.1, 0.15) is 27.2 Å². The number of carbonyl (C=O) groups excluding carboxylic acids is 1. The van der Waals surface area contributed by atoms with E-state index in [-0.39, 0.29) is 5.91 Å². The van der Waals surface area contributed by atoms with Crippen molar-refractivity contribution in [2.45, 2.75) is 20.4 Å². The predicted octanol–water partition coefficient (Wildman–Crippen LogP) is 2.27.